The summed E-state index contributed by atoms with van der Waals surface area (Å²) in [6.45, 7) is 7.15. The van der Waals surface area contributed by atoms with Gasteiger partial charge in [-0.3, -0.25) is 9.59 Å². The number of benzene rings is 1. The molecule has 8 heteroatoms. The molecule has 1 heterocycles. The molecule has 0 aliphatic heterocycles. The van der Waals surface area contributed by atoms with Crippen molar-refractivity contribution in [1.82, 2.24) is 15.1 Å². The first-order valence-corrected chi connectivity index (χ1v) is 9.64. The summed E-state index contributed by atoms with van der Waals surface area (Å²) < 4.78 is 15.5. The monoisotopic (exact) mass is 400 g/mol. The molecule has 7 nitrogen and oxygen atoms in total. The Labute approximate surface area is 168 Å². The topological polar surface area (TPSA) is 93.4 Å². The Balaban J connectivity index is 1.85. The van der Waals surface area contributed by atoms with Crippen LogP contribution in [0.2, 0.25) is 0 Å². The van der Waals surface area contributed by atoms with E-state index in [1.165, 1.54) is 12.1 Å². The molecule has 1 aromatic heterocycles. The van der Waals surface area contributed by atoms with E-state index in [-0.39, 0.29) is 24.4 Å². The van der Waals surface area contributed by atoms with Gasteiger partial charge in [-0.05, 0) is 44.7 Å². The molecule has 0 saturated heterocycles. The zero-order valence-electron chi connectivity index (χ0n) is 17.0. The second-order valence-electron chi connectivity index (χ2n) is 8.34. The van der Waals surface area contributed by atoms with Gasteiger partial charge < -0.3 is 5.32 Å². The highest BCUT2D eigenvalue weighted by atomic mass is 19.1. The lowest BCUT2D eigenvalue weighted by Crippen LogP contribution is -2.53. The van der Waals surface area contributed by atoms with Crippen molar-refractivity contribution in [3.05, 3.63) is 56.6 Å². The van der Waals surface area contributed by atoms with E-state index in [1.54, 1.807) is 19.1 Å². The average molecular weight is 400 g/mol. The second kappa shape index (κ2) is 7.85. The molecule has 1 aromatic carbocycles. The number of nitrogens with zero attached hydrogens (tertiary/aromatic N) is 3. The van der Waals surface area contributed by atoms with Crippen LogP contribution in [0.5, 0.6) is 0 Å². The van der Waals surface area contributed by atoms with Crippen molar-refractivity contribution in [2.45, 2.75) is 64.6 Å². The van der Waals surface area contributed by atoms with Crippen LogP contribution in [0.25, 0.3) is 11.1 Å². The second-order valence-corrected chi connectivity index (χ2v) is 8.34. The molecule has 3 rings (SSSR count). The smallest absolute Gasteiger partial charge is 0.267 e. The fraction of sp³-hybridized carbons (Fsp3) is 0.476. The summed E-state index contributed by atoms with van der Waals surface area (Å²) >= 11 is 0. The summed E-state index contributed by atoms with van der Waals surface area (Å²) in [5.74, 6) is -0.862. The van der Waals surface area contributed by atoms with Gasteiger partial charge in [-0.2, -0.15) is 10.0 Å². The van der Waals surface area contributed by atoms with E-state index in [2.05, 4.69) is 15.6 Å². The van der Waals surface area contributed by atoms with E-state index >= 15 is 0 Å². The van der Waals surface area contributed by atoms with Crippen molar-refractivity contribution in [3.8, 4) is 11.1 Å². The zero-order valence-corrected chi connectivity index (χ0v) is 17.0. The van der Waals surface area contributed by atoms with Crippen LogP contribution in [-0.4, -0.2) is 27.3 Å². The van der Waals surface area contributed by atoms with Crippen LogP contribution in [0.3, 0.4) is 0 Å². The number of carbonyl (C=O) groups excluding carboxylic acids is 1. The van der Waals surface area contributed by atoms with E-state index in [9.17, 15) is 18.9 Å². The number of hydrogen-bond acceptors (Lipinski definition) is 5. The van der Waals surface area contributed by atoms with Crippen molar-refractivity contribution in [1.29, 1.82) is 0 Å². The van der Waals surface area contributed by atoms with Gasteiger partial charge in [0.15, 0.2) is 0 Å². The molecular weight excluding hydrogens is 375 g/mol. The maximum absolute atomic E-state index is 14.4. The molecule has 1 aliphatic carbocycles. The van der Waals surface area contributed by atoms with E-state index in [0.29, 0.717) is 29.7 Å². The van der Waals surface area contributed by atoms with E-state index in [0.717, 1.165) is 10.2 Å². The van der Waals surface area contributed by atoms with Crippen molar-refractivity contribution in [2.24, 2.45) is 5.18 Å². The van der Waals surface area contributed by atoms with Crippen molar-refractivity contribution < 1.29 is 9.18 Å². The highest BCUT2D eigenvalue weighted by Crippen LogP contribution is 2.35. The largest absolute Gasteiger partial charge is 0.352 e. The molecule has 0 atom stereocenters. The van der Waals surface area contributed by atoms with Gasteiger partial charge in [0.25, 0.3) is 5.56 Å². The van der Waals surface area contributed by atoms with Crippen LogP contribution in [0.4, 0.5) is 4.39 Å². The van der Waals surface area contributed by atoms with Gasteiger partial charge in [-0.25, -0.2) is 9.07 Å². The summed E-state index contributed by atoms with van der Waals surface area (Å²) in [6, 6.07) is 5.92. The molecule has 1 fully saturated rings. The molecule has 0 radical (unpaired) electrons. The fourth-order valence-corrected chi connectivity index (χ4v) is 3.69. The lowest BCUT2D eigenvalue weighted by molar-refractivity contribution is -0.123. The van der Waals surface area contributed by atoms with Crippen molar-refractivity contribution in [2.75, 3.05) is 0 Å². The van der Waals surface area contributed by atoms with Crippen molar-refractivity contribution >= 4 is 5.91 Å². The van der Waals surface area contributed by atoms with Crippen LogP contribution < -0.4 is 10.9 Å². The van der Waals surface area contributed by atoms with Crippen LogP contribution in [0.1, 0.15) is 50.8 Å². The van der Waals surface area contributed by atoms with Gasteiger partial charge in [0.2, 0.25) is 5.91 Å². The molecule has 154 valence electrons. The number of carbonyl (C=O) groups is 1. The summed E-state index contributed by atoms with van der Waals surface area (Å²) in [5, 5.41) is 10.2. The Kier molecular flexibility index (Phi) is 5.64. The Hall–Kier alpha value is -2.90. The Morgan fingerprint density at radius 1 is 1.34 bits per heavy atom. The quantitative estimate of drug-likeness (QED) is 0.753. The summed E-state index contributed by atoms with van der Waals surface area (Å²) in [5.41, 5.74) is 1.07. The van der Waals surface area contributed by atoms with Crippen LogP contribution in [0, 0.1) is 17.6 Å². The van der Waals surface area contributed by atoms with Gasteiger partial charge >= 0.3 is 0 Å². The highest BCUT2D eigenvalue weighted by Gasteiger charge is 2.42. The average Bonchev–Trinajstić information content (AvgIpc) is 2.63. The van der Waals surface area contributed by atoms with Crippen LogP contribution >= 0.6 is 0 Å². The molecule has 29 heavy (non-hydrogen) atoms. The van der Waals surface area contributed by atoms with E-state index in [1.807, 2.05) is 20.8 Å². The standard InChI is InChI=1S/C21H25FN4O3/c1-12(2)20-16(15-7-13(3)5-6-17(15)22)8-19(28)26(24-20)11-18(27)23-14-9-21(4,10-14)25-29/h5-8,12,14H,9-11H2,1-4H3,(H,23,27). The Morgan fingerprint density at radius 3 is 2.66 bits per heavy atom. The highest BCUT2D eigenvalue weighted by molar-refractivity contribution is 5.76. The first-order valence-electron chi connectivity index (χ1n) is 9.64. The number of aromatic nitrogens is 2. The predicted molar refractivity (Wildman–Crippen MR) is 108 cm³/mol. The van der Waals surface area contributed by atoms with E-state index < -0.39 is 16.9 Å². The van der Waals surface area contributed by atoms with Crippen LogP contribution in [-0.2, 0) is 11.3 Å². The molecule has 1 N–H and O–H groups in total. The number of amides is 1. The number of aryl methyl sites for hydroxylation is 1. The van der Waals surface area contributed by atoms with Gasteiger partial charge in [0.1, 0.15) is 17.9 Å². The number of hydrogen-bond donors (Lipinski definition) is 1. The predicted octanol–water partition coefficient (Wildman–Crippen LogP) is 3.28. The Morgan fingerprint density at radius 2 is 2.03 bits per heavy atom. The summed E-state index contributed by atoms with van der Waals surface area (Å²) in [4.78, 5) is 35.6. The molecule has 2 aromatic rings. The minimum atomic E-state index is -0.628. The third-order valence-corrected chi connectivity index (χ3v) is 5.24. The number of rotatable bonds is 6. The maximum Gasteiger partial charge on any atom is 0.267 e. The molecule has 0 bridgehead atoms. The molecule has 1 amide bonds. The SMILES string of the molecule is Cc1ccc(F)c(-c2cc(=O)n(CC(=O)NC3CC(C)(N=O)C3)nc2C(C)C)c1. The first-order chi connectivity index (χ1) is 13.6. The van der Waals surface area contributed by atoms with Crippen molar-refractivity contribution in [3.63, 3.8) is 0 Å². The lowest BCUT2D eigenvalue weighted by Gasteiger charge is -2.39. The number of nitrogens with one attached hydrogen (secondary N) is 1. The number of halogens is 1. The molecule has 0 unspecified atom stereocenters. The van der Waals surface area contributed by atoms with Crippen LogP contribution in [0.15, 0.2) is 34.2 Å². The van der Waals surface area contributed by atoms with E-state index in [4.69, 9.17) is 0 Å². The third-order valence-electron chi connectivity index (χ3n) is 5.24. The third kappa shape index (κ3) is 4.41. The Bertz CT molecular complexity index is 1010. The minimum Gasteiger partial charge on any atom is -0.352 e. The summed E-state index contributed by atoms with van der Waals surface area (Å²) in [7, 11) is 0. The molecule has 1 saturated carbocycles. The minimum absolute atomic E-state index is 0.0779. The summed E-state index contributed by atoms with van der Waals surface area (Å²) in [6.07, 6.45) is 0.959. The van der Waals surface area contributed by atoms with Gasteiger partial charge in [0, 0.05) is 23.2 Å². The van der Waals surface area contributed by atoms with Gasteiger partial charge in [-0.15, -0.1) is 0 Å². The fourth-order valence-electron chi connectivity index (χ4n) is 3.69. The maximum atomic E-state index is 14.4. The molecular formula is C21H25FN4O3. The first kappa shape index (κ1) is 20.8. The van der Waals surface area contributed by atoms with Gasteiger partial charge in [0.05, 0.1) is 5.69 Å². The zero-order chi connectivity index (χ0) is 21.3. The number of nitroso groups, excluding NO2 is 1. The van der Waals surface area contributed by atoms with Gasteiger partial charge in [-0.1, -0.05) is 30.7 Å². The lowest BCUT2D eigenvalue weighted by atomic mass is 9.75. The molecule has 1 aliphatic rings. The molecule has 0 spiro atoms. The normalized spacial score (nSPS) is 21.0.